The van der Waals surface area contributed by atoms with Crippen LogP contribution in [0.4, 0.5) is 10.5 Å². The topological polar surface area (TPSA) is 97.0 Å². The van der Waals surface area contributed by atoms with Crippen LogP contribution in [0.1, 0.15) is 69.7 Å². The van der Waals surface area contributed by atoms with E-state index in [1.54, 1.807) is 57.0 Å². The summed E-state index contributed by atoms with van der Waals surface area (Å²) in [5.74, 6) is -0.0478. The van der Waals surface area contributed by atoms with Gasteiger partial charge in [-0.3, -0.25) is 9.59 Å². The van der Waals surface area contributed by atoms with Gasteiger partial charge in [0.1, 0.15) is 23.4 Å². The predicted molar refractivity (Wildman–Crippen MR) is 159 cm³/mol. The minimum atomic E-state index is -0.980. The number of hydrogen-bond acceptors (Lipinski definition) is 6. The first-order chi connectivity index (χ1) is 18.4. The Hall–Kier alpha value is -3.20. The van der Waals surface area contributed by atoms with Crippen LogP contribution in [0.2, 0.25) is 0 Å². The van der Waals surface area contributed by atoms with E-state index in [1.807, 2.05) is 32.0 Å². The number of methoxy groups -OCH3 is 1. The average molecular weight is 558 g/mol. The van der Waals surface area contributed by atoms with E-state index in [4.69, 9.17) is 9.47 Å². The van der Waals surface area contributed by atoms with Gasteiger partial charge in [-0.2, -0.15) is 12.6 Å². The third-order valence-corrected chi connectivity index (χ3v) is 6.30. The van der Waals surface area contributed by atoms with E-state index in [9.17, 15) is 14.4 Å². The number of thiol groups is 1. The fourth-order valence-corrected chi connectivity index (χ4v) is 4.51. The van der Waals surface area contributed by atoms with Crippen molar-refractivity contribution in [2.45, 2.75) is 78.5 Å². The Morgan fingerprint density at radius 3 is 2.13 bits per heavy atom. The molecule has 2 atom stereocenters. The molecule has 2 unspecified atom stereocenters. The van der Waals surface area contributed by atoms with Gasteiger partial charge in [0.25, 0.3) is 5.91 Å². The maximum Gasteiger partial charge on any atom is 0.408 e. The molecule has 39 heavy (non-hydrogen) atoms. The van der Waals surface area contributed by atoms with E-state index in [2.05, 4.69) is 30.2 Å². The summed E-state index contributed by atoms with van der Waals surface area (Å²) in [5.41, 5.74) is 2.50. The molecule has 2 aromatic carbocycles. The molecular formula is C30H43N3O5S. The number of carbonyl (C=O) groups excluding carboxylic acids is 3. The van der Waals surface area contributed by atoms with Gasteiger partial charge in [-0.05, 0) is 70.9 Å². The van der Waals surface area contributed by atoms with Crippen LogP contribution >= 0.6 is 12.6 Å². The minimum Gasteiger partial charge on any atom is -0.497 e. The average Bonchev–Trinajstić information content (AvgIpc) is 2.85. The Bertz CT molecular complexity index is 1090. The van der Waals surface area contributed by atoms with Gasteiger partial charge in [-0.15, -0.1) is 0 Å². The zero-order valence-corrected chi connectivity index (χ0v) is 25.1. The zero-order chi connectivity index (χ0) is 29.2. The predicted octanol–water partition coefficient (Wildman–Crippen LogP) is 5.83. The fraction of sp³-hybridized carbons (Fsp3) is 0.500. The minimum absolute atomic E-state index is 0.0437. The number of rotatable bonds is 12. The Kier molecular flexibility index (Phi) is 12.2. The van der Waals surface area contributed by atoms with Gasteiger partial charge >= 0.3 is 6.09 Å². The molecule has 0 spiro atoms. The fourth-order valence-electron chi connectivity index (χ4n) is 4.26. The molecule has 0 aliphatic heterocycles. The lowest BCUT2D eigenvalue weighted by Gasteiger charge is -2.34. The Balaban J connectivity index is 2.51. The first-order valence-electron chi connectivity index (χ1n) is 13.3. The van der Waals surface area contributed by atoms with E-state index in [1.165, 1.54) is 0 Å². The largest absolute Gasteiger partial charge is 0.497 e. The molecule has 9 heteroatoms. The smallest absolute Gasteiger partial charge is 0.408 e. The van der Waals surface area contributed by atoms with Gasteiger partial charge in [0.15, 0.2) is 0 Å². The molecule has 3 amide bonds. The van der Waals surface area contributed by atoms with Crippen molar-refractivity contribution in [1.82, 2.24) is 10.2 Å². The van der Waals surface area contributed by atoms with Crippen molar-refractivity contribution in [2.24, 2.45) is 0 Å². The molecular weight excluding hydrogens is 514 g/mol. The van der Waals surface area contributed by atoms with Gasteiger partial charge in [0.2, 0.25) is 5.91 Å². The molecule has 0 saturated heterocycles. The van der Waals surface area contributed by atoms with Crippen molar-refractivity contribution in [3.8, 4) is 5.75 Å². The van der Waals surface area contributed by atoms with Crippen LogP contribution in [0, 0.1) is 13.8 Å². The van der Waals surface area contributed by atoms with Crippen molar-refractivity contribution in [1.29, 1.82) is 0 Å². The summed E-state index contributed by atoms with van der Waals surface area (Å²) in [6, 6.07) is 11.0. The van der Waals surface area contributed by atoms with Crippen LogP contribution < -0.4 is 15.4 Å². The summed E-state index contributed by atoms with van der Waals surface area (Å²) in [5, 5.41) is 5.62. The van der Waals surface area contributed by atoms with E-state index in [0.29, 0.717) is 30.0 Å². The van der Waals surface area contributed by atoms with Crippen LogP contribution in [0.5, 0.6) is 5.75 Å². The van der Waals surface area contributed by atoms with E-state index in [-0.39, 0.29) is 11.7 Å². The Morgan fingerprint density at radius 1 is 1.00 bits per heavy atom. The van der Waals surface area contributed by atoms with Gasteiger partial charge in [-0.25, -0.2) is 4.79 Å². The number of anilines is 1. The number of amides is 3. The normalized spacial score (nSPS) is 12.7. The monoisotopic (exact) mass is 557 g/mol. The van der Waals surface area contributed by atoms with Crippen molar-refractivity contribution in [3.63, 3.8) is 0 Å². The second kappa shape index (κ2) is 14.8. The van der Waals surface area contributed by atoms with Gasteiger partial charge in [-0.1, -0.05) is 49.1 Å². The second-order valence-corrected chi connectivity index (χ2v) is 11.0. The maximum atomic E-state index is 14.0. The lowest BCUT2D eigenvalue weighted by molar-refractivity contribution is -0.140. The van der Waals surface area contributed by atoms with E-state index >= 15 is 0 Å². The lowest BCUT2D eigenvalue weighted by atomic mass is 9.98. The van der Waals surface area contributed by atoms with Crippen molar-refractivity contribution in [3.05, 3.63) is 59.2 Å². The van der Waals surface area contributed by atoms with E-state index in [0.717, 1.165) is 24.0 Å². The first kappa shape index (κ1) is 32.0. The third kappa shape index (κ3) is 10.1. The highest BCUT2D eigenvalue weighted by Crippen LogP contribution is 2.27. The number of ether oxygens (including phenoxy) is 2. The van der Waals surface area contributed by atoms with Gasteiger partial charge in [0.05, 0.1) is 7.11 Å². The van der Waals surface area contributed by atoms with Gasteiger partial charge in [0, 0.05) is 18.0 Å². The molecule has 0 aliphatic carbocycles. The molecule has 0 aliphatic rings. The molecule has 0 radical (unpaired) electrons. The van der Waals surface area contributed by atoms with Crippen LogP contribution in [0.3, 0.4) is 0 Å². The maximum absolute atomic E-state index is 14.0. The molecule has 0 aromatic heterocycles. The molecule has 2 aromatic rings. The summed E-state index contributed by atoms with van der Waals surface area (Å²) < 4.78 is 10.6. The summed E-state index contributed by atoms with van der Waals surface area (Å²) in [6.07, 6.45) is 1.81. The number of unbranched alkanes of at least 4 members (excludes halogenated alkanes) is 2. The number of benzene rings is 2. The third-order valence-electron chi connectivity index (χ3n) is 5.93. The Morgan fingerprint density at radius 2 is 1.62 bits per heavy atom. The van der Waals surface area contributed by atoms with Crippen molar-refractivity contribution >= 4 is 36.2 Å². The zero-order valence-electron chi connectivity index (χ0n) is 24.2. The van der Waals surface area contributed by atoms with Crippen LogP contribution in [0.25, 0.3) is 0 Å². The number of carbonyl (C=O) groups is 3. The highest BCUT2D eigenvalue weighted by Gasteiger charge is 2.36. The summed E-state index contributed by atoms with van der Waals surface area (Å²) in [6.45, 7) is 11.6. The van der Waals surface area contributed by atoms with Crippen LogP contribution in [-0.4, -0.2) is 53.9 Å². The van der Waals surface area contributed by atoms with Crippen LogP contribution in [0.15, 0.2) is 42.5 Å². The molecule has 0 fully saturated rings. The number of alkyl carbamates (subject to hydrolysis) is 1. The first-order valence-corrected chi connectivity index (χ1v) is 14.0. The SMILES string of the molecule is CCCCCN(C(=O)C(CS)NC(=O)OC(C)(C)C)C(C(=O)Nc1ccc(OC)cc1)c1cc(C)cc(C)c1. The number of hydrogen-bond donors (Lipinski definition) is 3. The van der Waals surface area contributed by atoms with Crippen molar-refractivity contribution < 1.29 is 23.9 Å². The molecule has 214 valence electrons. The molecule has 0 heterocycles. The number of aryl methyl sites for hydroxylation is 2. The van der Waals surface area contributed by atoms with Crippen molar-refractivity contribution in [2.75, 3.05) is 24.7 Å². The van der Waals surface area contributed by atoms with E-state index < -0.39 is 29.7 Å². The molecule has 0 saturated carbocycles. The van der Waals surface area contributed by atoms with Crippen LogP contribution in [-0.2, 0) is 14.3 Å². The van der Waals surface area contributed by atoms with Gasteiger partial charge < -0.3 is 25.0 Å². The quantitative estimate of drug-likeness (QED) is 0.225. The second-order valence-electron chi connectivity index (χ2n) is 10.7. The molecule has 2 rings (SSSR count). The number of nitrogens with zero attached hydrogens (tertiary/aromatic N) is 1. The summed E-state index contributed by atoms with van der Waals surface area (Å²) in [4.78, 5) is 42.0. The highest BCUT2D eigenvalue weighted by molar-refractivity contribution is 7.80. The standard InChI is InChI=1S/C30H43N3O5S/c1-8-9-10-15-33(28(35)25(19-39)32-29(36)38-30(4,5)6)26(22-17-20(2)16-21(3)18-22)27(34)31-23-11-13-24(37-7)14-12-23/h11-14,16-18,25-26,39H,8-10,15,19H2,1-7H3,(H,31,34)(H,32,36). The highest BCUT2D eigenvalue weighted by atomic mass is 32.1. The molecule has 0 bridgehead atoms. The number of nitrogens with one attached hydrogen (secondary N) is 2. The molecule has 8 nitrogen and oxygen atoms in total. The summed E-state index contributed by atoms with van der Waals surface area (Å²) >= 11 is 4.35. The summed E-state index contributed by atoms with van der Waals surface area (Å²) in [7, 11) is 1.58. The molecule has 2 N–H and O–H groups in total. The Labute approximate surface area is 238 Å². The lowest BCUT2D eigenvalue weighted by Crippen LogP contribution is -2.53.